The van der Waals surface area contributed by atoms with E-state index < -0.39 is 11.9 Å². The second-order valence-corrected chi connectivity index (χ2v) is 12.4. The summed E-state index contributed by atoms with van der Waals surface area (Å²) >= 11 is 6.68. The highest BCUT2D eigenvalue weighted by Gasteiger charge is 2.49. The molecule has 1 heterocycles. The van der Waals surface area contributed by atoms with Gasteiger partial charge in [0.2, 0.25) is 0 Å². The number of carbonyl (C=O) groups excluding carboxylic acids is 2. The number of rotatable bonds is 8. The third kappa shape index (κ3) is 5.26. The predicted molar refractivity (Wildman–Crippen MR) is 145 cm³/mol. The Morgan fingerprint density at radius 1 is 1.08 bits per heavy atom. The van der Waals surface area contributed by atoms with E-state index >= 15 is 0 Å². The van der Waals surface area contributed by atoms with Crippen molar-refractivity contribution in [2.24, 2.45) is 10.8 Å². The van der Waals surface area contributed by atoms with E-state index in [-0.39, 0.29) is 42.0 Å². The lowest BCUT2D eigenvalue weighted by Crippen LogP contribution is -2.45. The molecule has 8 heteroatoms. The van der Waals surface area contributed by atoms with Crippen molar-refractivity contribution < 1.29 is 29.0 Å². The van der Waals surface area contributed by atoms with E-state index in [2.05, 4.69) is 6.58 Å². The van der Waals surface area contributed by atoms with Gasteiger partial charge in [-0.2, -0.15) is 0 Å². The summed E-state index contributed by atoms with van der Waals surface area (Å²) in [6, 6.07) is 3.53. The van der Waals surface area contributed by atoms with Crippen molar-refractivity contribution in [1.29, 1.82) is 0 Å². The maximum Gasteiger partial charge on any atom is 0.305 e. The van der Waals surface area contributed by atoms with Crippen LogP contribution in [0.4, 0.5) is 0 Å². The topological polar surface area (TPSA) is 93.1 Å². The van der Waals surface area contributed by atoms with Crippen molar-refractivity contribution in [3.63, 3.8) is 0 Å². The third-order valence-corrected chi connectivity index (χ3v) is 7.78. The zero-order valence-electron chi connectivity index (χ0n) is 22.8. The molecule has 0 amide bonds. The van der Waals surface area contributed by atoms with Crippen molar-refractivity contribution in [2.45, 2.75) is 65.7 Å². The molecule has 38 heavy (non-hydrogen) atoms. The lowest BCUT2D eigenvalue weighted by Gasteiger charge is -2.49. The van der Waals surface area contributed by atoms with E-state index in [1.165, 1.54) is 7.11 Å². The van der Waals surface area contributed by atoms with E-state index in [0.717, 1.165) is 11.4 Å². The fourth-order valence-electron chi connectivity index (χ4n) is 6.05. The molecule has 0 radical (unpaired) electrons. The van der Waals surface area contributed by atoms with Gasteiger partial charge in [0, 0.05) is 47.8 Å². The molecule has 0 atom stereocenters. The number of benzene rings is 1. The number of Topliss-reactive ketones (excluding diaryl/α,β-unsaturated/α-hetero) is 2. The zero-order valence-corrected chi connectivity index (χ0v) is 23.5. The van der Waals surface area contributed by atoms with Gasteiger partial charge >= 0.3 is 5.97 Å². The lowest BCUT2D eigenvalue weighted by molar-refractivity contribution is -0.137. The molecule has 0 spiro atoms. The van der Waals surface area contributed by atoms with Gasteiger partial charge in [-0.05, 0) is 41.4 Å². The lowest BCUT2D eigenvalue weighted by atomic mass is 9.63. The Bertz CT molecular complexity index is 1220. The molecule has 4 rings (SSSR count). The molecule has 3 aliphatic rings. The molecule has 0 bridgehead atoms. The molecule has 0 aromatic heterocycles. The first-order valence-corrected chi connectivity index (χ1v) is 13.3. The molecule has 7 nitrogen and oxygen atoms in total. The van der Waals surface area contributed by atoms with Crippen LogP contribution >= 0.6 is 11.6 Å². The Hall–Kier alpha value is -3.06. The van der Waals surface area contributed by atoms with Crippen LogP contribution in [0.25, 0.3) is 0 Å². The van der Waals surface area contributed by atoms with Gasteiger partial charge in [0.1, 0.15) is 6.61 Å². The maximum absolute atomic E-state index is 13.8. The first kappa shape index (κ1) is 28.0. The Kier molecular flexibility index (Phi) is 7.54. The Morgan fingerprint density at radius 2 is 1.63 bits per heavy atom. The fraction of sp³-hybridized carbons (Fsp3) is 0.500. The largest absolute Gasteiger partial charge is 0.493 e. The molecule has 0 unspecified atom stereocenters. The molecule has 204 valence electrons. The second-order valence-electron chi connectivity index (χ2n) is 12.0. The molecule has 1 N–H and O–H groups in total. The van der Waals surface area contributed by atoms with Crippen LogP contribution in [0.2, 0.25) is 5.02 Å². The SMILES string of the molecule is C=CCOc1c(Cl)cc(C2C3=C(CC(C)(C)CC3=O)N(CCC(=O)O)C3=C2C(=O)CC(C)(C)C3)cc1OC. The zero-order chi connectivity index (χ0) is 28.0. The van der Waals surface area contributed by atoms with Crippen LogP contribution in [0, 0.1) is 10.8 Å². The first-order valence-electron chi connectivity index (χ1n) is 12.9. The van der Waals surface area contributed by atoms with Crippen LogP contribution in [0.3, 0.4) is 0 Å². The molecule has 1 aromatic rings. The molecule has 0 saturated heterocycles. The van der Waals surface area contributed by atoms with E-state index in [1.54, 1.807) is 18.2 Å². The van der Waals surface area contributed by atoms with Crippen LogP contribution in [-0.2, 0) is 14.4 Å². The number of halogens is 1. The van der Waals surface area contributed by atoms with Crippen molar-refractivity contribution in [3.8, 4) is 11.5 Å². The first-order chi connectivity index (χ1) is 17.8. The number of carboxylic acid groups (broad SMARTS) is 1. The van der Waals surface area contributed by atoms with Crippen LogP contribution < -0.4 is 9.47 Å². The van der Waals surface area contributed by atoms with Gasteiger partial charge < -0.3 is 19.5 Å². The van der Waals surface area contributed by atoms with Crippen LogP contribution in [0.1, 0.15) is 71.3 Å². The van der Waals surface area contributed by atoms with E-state index in [9.17, 15) is 19.5 Å². The normalized spacial score (nSPS) is 20.7. The number of carboxylic acids is 1. The summed E-state index contributed by atoms with van der Waals surface area (Å²) in [6.07, 6.45) is 3.37. The minimum absolute atomic E-state index is 0.0344. The van der Waals surface area contributed by atoms with Crippen LogP contribution in [0.15, 0.2) is 47.3 Å². The van der Waals surface area contributed by atoms with Gasteiger partial charge in [0.05, 0.1) is 18.6 Å². The second kappa shape index (κ2) is 10.3. The summed E-state index contributed by atoms with van der Waals surface area (Å²) < 4.78 is 11.3. The minimum Gasteiger partial charge on any atom is -0.493 e. The van der Waals surface area contributed by atoms with Gasteiger partial charge in [-0.15, -0.1) is 0 Å². The summed E-state index contributed by atoms with van der Waals surface area (Å²) in [5.74, 6) is -0.842. The average molecular weight is 542 g/mol. The van der Waals surface area contributed by atoms with Crippen molar-refractivity contribution in [3.05, 3.63) is 57.9 Å². The third-order valence-electron chi connectivity index (χ3n) is 7.50. The summed E-state index contributed by atoms with van der Waals surface area (Å²) in [5.41, 5.74) is 2.81. The molecule has 0 fully saturated rings. The highest BCUT2D eigenvalue weighted by molar-refractivity contribution is 6.32. The molecular formula is C30H36ClNO6. The number of ketones is 2. The smallest absolute Gasteiger partial charge is 0.305 e. The van der Waals surface area contributed by atoms with Gasteiger partial charge in [0.15, 0.2) is 23.1 Å². The Labute approximate surface area is 229 Å². The number of carbonyl (C=O) groups is 3. The number of hydrogen-bond donors (Lipinski definition) is 1. The summed E-state index contributed by atoms with van der Waals surface area (Å²) in [4.78, 5) is 41.2. The Balaban J connectivity index is 1.99. The number of hydrogen-bond acceptors (Lipinski definition) is 6. The van der Waals surface area contributed by atoms with Crippen LogP contribution in [0.5, 0.6) is 11.5 Å². The summed E-state index contributed by atoms with van der Waals surface area (Å²) in [6.45, 7) is 12.3. The highest BCUT2D eigenvalue weighted by atomic mass is 35.5. The van der Waals surface area contributed by atoms with Crippen molar-refractivity contribution in [2.75, 3.05) is 20.3 Å². The average Bonchev–Trinajstić information content (AvgIpc) is 2.79. The van der Waals surface area contributed by atoms with Crippen LogP contribution in [-0.4, -0.2) is 47.8 Å². The van der Waals surface area contributed by atoms with Crippen molar-refractivity contribution >= 4 is 29.1 Å². The molecule has 1 aliphatic heterocycles. The molecule has 1 aromatic carbocycles. The quantitative estimate of drug-likeness (QED) is 0.399. The number of nitrogens with zero attached hydrogens (tertiary/aromatic N) is 1. The molecular weight excluding hydrogens is 506 g/mol. The monoisotopic (exact) mass is 541 g/mol. The molecule has 2 aliphatic carbocycles. The van der Waals surface area contributed by atoms with E-state index in [4.69, 9.17) is 21.1 Å². The minimum atomic E-state index is -0.925. The van der Waals surface area contributed by atoms with Crippen molar-refractivity contribution in [1.82, 2.24) is 4.90 Å². The van der Waals surface area contributed by atoms with E-state index in [1.807, 2.05) is 32.6 Å². The van der Waals surface area contributed by atoms with Gasteiger partial charge in [0.25, 0.3) is 0 Å². The predicted octanol–water partition coefficient (Wildman–Crippen LogP) is 6.07. The maximum atomic E-state index is 13.8. The van der Waals surface area contributed by atoms with E-state index in [0.29, 0.717) is 58.9 Å². The van der Waals surface area contributed by atoms with Gasteiger partial charge in [-0.3, -0.25) is 14.4 Å². The summed E-state index contributed by atoms with van der Waals surface area (Å²) in [5, 5.41) is 9.82. The standard InChI is InChI=1S/C30H36ClNO6/c1-7-10-38-28-18(31)11-17(12-23(28)37-6)25-26-19(13-29(2,3)15-21(26)33)32(9-8-24(35)36)20-14-30(4,5)16-22(34)27(20)25/h7,11-12,25H,1,8-10,13-16H2,2-6H3,(H,35,36). The number of methoxy groups -OCH3 is 1. The number of aliphatic carboxylic acids is 1. The van der Waals surface area contributed by atoms with Gasteiger partial charge in [-0.1, -0.05) is 52.0 Å². The molecule has 0 saturated carbocycles. The number of ether oxygens (including phenoxy) is 2. The van der Waals surface area contributed by atoms with Gasteiger partial charge in [-0.25, -0.2) is 0 Å². The fourth-order valence-corrected chi connectivity index (χ4v) is 6.32. The Morgan fingerprint density at radius 3 is 2.11 bits per heavy atom. The highest BCUT2D eigenvalue weighted by Crippen LogP contribution is 2.55. The number of allylic oxidation sites excluding steroid dienone is 4. The summed E-state index contributed by atoms with van der Waals surface area (Å²) in [7, 11) is 1.52.